The van der Waals surface area contributed by atoms with E-state index in [1.807, 2.05) is 53.1 Å². The summed E-state index contributed by atoms with van der Waals surface area (Å²) in [4.78, 5) is 17.3. The summed E-state index contributed by atoms with van der Waals surface area (Å²) >= 11 is 0. The van der Waals surface area contributed by atoms with Crippen LogP contribution in [0.1, 0.15) is 5.56 Å². The lowest BCUT2D eigenvalue weighted by atomic mass is 10.1. The normalized spacial score (nSPS) is 10.4. The molecule has 0 aliphatic heterocycles. The second kappa shape index (κ2) is 8.70. The number of ether oxygens (including phenoxy) is 2. The predicted molar refractivity (Wildman–Crippen MR) is 121 cm³/mol. The van der Waals surface area contributed by atoms with E-state index in [1.54, 1.807) is 32.4 Å². The van der Waals surface area contributed by atoms with Gasteiger partial charge in [-0.1, -0.05) is 0 Å². The van der Waals surface area contributed by atoms with Crippen LogP contribution in [0.2, 0.25) is 0 Å². The van der Waals surface area contributed by atoms with Crippen molar-refractivity contribution < 1.29 is 19.2 Å². The highest BCUT2D eigenvalue weighted by Gasteiger charge is 2.23. The van der Waals surface area contributed by atoms with Gasteiger partial charge < -0.3 is 14.8 Å². The largest absolute Gasteiger partial charge is 0.497 e. The van der Waals surface area contributed by atoms with Crippen molar-refractivity contribution in [3.63, 3.8) is 0 Å². The minimum absolute atomic E-state index is 0.313. The van der Waals surface area contributed by atoms with E-state index in [0.29, 0.717) is 38.6 Å². The van der Waals surface area contributed by atoms with E-state index >= 15 is 0 Å². The highest BCUT2D eigenvalue weighted by molar-refractivity contribution is 5.96. The van der Waals surface area contributed by atoms with Gasteiger partial charge in [0, 0.05) is 28.9 Å². The van der Waals surface area contributed by atoms with Crippen molar-refractivity contribution in [3.8, 4) is 23.3 Å². The molecule has 160 valence electrons. The van der Waals surface area contributed by atoms with Gasteiger partial charge in [0.25, 0.3) is 4.92 Å². The van der Waals surface area contributed by atoms with Crippen LogP contribution in [0, 0.1) is 16.2 Å². The Morgan fingerprint density at radius 2 is 1.53 bits per heavy atom. The summed E-state index contributed by atoms with van der Waals surface area (Å²) in [7, 11) is 4.51. The fourth-order valence-corrected chi connectivity index (χ4v) is 3.54. The molecule has 1 aromatic heterocycles. The first-order chi connectivity index (χ1) is 15.6. The Kier molecular flexibility index (Phi) is 5.64. The van der Waals surface area contributed by atoms with Crippen LogP contribution in [0.15, 0.2) is 66.7 Å². The number of fused-ring (bicyclic) bond motifs is 1. The molecule has 4 aromatic rings. The van der Waals surface area contributed by atoms with Crippen molar-refractivity contribution in [1.29, 1.82) is 5.26 Å². The van der Waals surface area contributed by atoms with Crippen LogP contribution < -0.4 is 14.8 Å². The molecular weight excluding hydrogens is 408 g/mol. The fourth-order valence-electron chi connectivity index (χ4n) is 3.54. The maximum absolute atomic E-state index is 12.1. The summed E-state index contributed by atoms with van der Waals surface area (Å²) < 4.78 is 12.4. The molecule has 0 fully saturated rings. The molecular formula is C24H21N4O4+. The summed E-state index contributed by atoms with van der Waals surface area (Å²) in [6, 6.07) is 22.2. The minimum Gasteiger partial charge on any atom is -0.497 e. The van der Waals surface area contributed by atoms with Crippen LogP contribution in [0.5, 0.6) is 11.5 Å². The third kappa shape index (κ3) is 3.68. The second-order valence-electron chi connectivity index (χ2n) is 6.86. The first kappa shape index (κ1) is 20.8. The van der Waals surface area contributed by atoms with Crippen LogP contribution in [0.3, 0.4) is 0 Å². The average molecular weight is 429 g/mol. The van der Waals surface area contributed by atoms with Crippen LogP contribution in [0.25, 0.3) is 16.6 Å². The smallest absolute Gasteiger partial charge is 0.318 e. The topological polar surface area (TPSA) is 88.5 Å². The van der Waals surface area contributed by atoms with E-state index in [-0.39, 0.29) is 0 Å². The maximum atomic E-state index is 12.1. The summed E-state index contributed by atoms with van der Waals surface area (Å²) in [5.41, 5.74) is 3.02. The molecule has 1 heterocycles. The van der Waals surface area contributed by atoms with Gasteiger partial charge in [-0.15, -0.1) is 0 Å². The van der Waals surface area contributed by atoms with Crippen LogP contribution in [-0.4, -0.2) is 30.8 Å². The molecule has 0 spiro atoms. The highest BCUT2D eigenvalue weighted by atomic mass is 16.8. The van der Waals surface area contributed by atoms with Crippen LogP contribution in [0.4, 0.5) is 17.2 Å². The first-order valence-electron chi connectivity index (χ1n) is 9.75. The Labute approximate surface area is 184 Å². The van der Waals surface area contributed by atoms with E-state index in [2.05, 4.69) is 11.4 Å². The molecule has 0 aliphatic carbocycles. The fraction of sp³-hybridized carbons (Fsp3) is 0.125. The molecule has 0 atom stereocenters. The number of aromatic nitrogens is 1. The molecule has 1 N–H and O–H groups in total. The zero-order chi connectivity index (χ0) is 22.7. The third-order valence-electron chi connectivity index (χ3n) is 5.12. The van der Waals surface area contributed by atoms with Crippen molar-refractivity contribution in [2.24, 2.45) is 0 Å². The summed E-state index contributed by atoms with van der Waals surface area (Å²) in [6.45, 7) is 0. The van der Waals surface area contributed by atoms with Gasteiger partial charge in [0.2, 0.25) is 0 Å². The molecule has 3 aromatic carbocycles. The number of rotatable bonds is 7. The van der Waals surface area contributed by atoms with Gasteiger partial charge >= 0.3 is 5.69 Å². The number of benzene rings is 3. The number of anilines is 2. The molecule has 32 heavy (non-hydrogen) atoms. The number of nitrogens with zero attached hydrogens (tertiary/aromatic N) is 3. The molecule has 0 saturated carbocycles. The SMILES string of the molecule is COc1ccc(Nc2c(C#N)c3ccc([N+](=O)OC)cc3n2-c2ccc(OC)cc2)cc1. The number of methoxy groups -OCH3 is 2. The first-order valence-corrected chi connectivity index (χ1v) is 9.75. The second-order valence-corrected chi connectivity index (χ2v) is 6.86. The predicted octanol–water partition coefficient (Wildman–Crippen LogP) is 5.23. The van der Waals surface area contributed by atoms with Gasteiger partial charge in [0.15, 0.2) is 7.11 Å². The maximum Gasteiger partial charge on any atom is 0.318 e. The van der Waals surface area contributed by atoms with Crippen molar-refractivity contribution in [3.05, 3.63) is 77.2 Å². The van der Waals surface area contributed by atoms with Crippen molar-refractivity contribution >= 4 is 28.1 Å². The van der Waals surface area contributed by atoms with Crippen molar-refractivity contribution in [2.75, 3.05) is 26.6 Å². The van der Waals surface area contributed by atoms with Gasteiger partial charge in [0.05, 0.1) is 24.6 Å². The molecule has 0 aliphatic rings. The van der Waals surface area contributed by atoms with Crippen molar-refractivity contribution in [2.45, 2.75) is 0 Å². The number of hydrogen-bond donors (Lipinski definition) is 1. The van der Waals surface area contributed by atoms with E-state index < -0.39 is 0 Å². The Bertz CT molecular complexity index is 1320. The lowest BCUT2D eigenvalue weighted by molar-refractivity contribution is -0.736. The third-order valence-corrected chi connectivity index (χ3v) is 5.12. The Balaban J connectivity index is 1.96. The van der Waals surface area contributed by atoms with E-state index in [9.17, 15) is 10.2 Å². The van der Waals surface area contributed by atoms with Crippen molar-refractivity contribution in [1.82, 2.24) is 4.57 Å². The lowest BCUT2D eigenvalue weighted by Gasteiger charge is -2.14. The monoisotopic (exact) mass is 429 g/mol. The standard InChI is InChI=1S/C24H21N4O4/c1-30-19-9-4-16(5-10-19)26-24-22(15-25)21-13-8-18(28(29)32-3)14-23(21)27(24)17-6-11-20(31-2)12-7-17/h4-14,26H,1-3H3/q+1. The number of nitriles is 1. The Hall–Kier alpha value is -4.51. The Morgan fingerprint density at radius 3 is 2.09 bits per heavy atom. The molecule has 0 radical (unpaired) electrons. The quantitative estimate of drug-likeness (QED) is 0.405. The lowest BCUT2D eigenvalue weighted by Crippen LogP contribution is -2.03. The molecule has 0 bridgehead atoms. The van der Waals surface area contributed by atoms with E-state index in [4.69, 9.17) is 14.3 Å². The zero-order valence-electron chi connectivity index (χ0n) is 17.8. The molecule has 0 unspecified atom stereocenters. The summed E-state index contributed by atoms with van der Waals surface area (Å²) in [5, 5.41) is 14.1. The van der Waals surface area contributed by atoms with Gasteiger partial charge in [-0.2, -0.15) is 5.26 Å². The van der Waals surface area contributed by atoms with E-state index in [1.165, 1.54) is 7.11 Å². The molecule has 0 amide bonds. The van der Waals surface area contributed by atoms with Gasteiger partial charge in [-0.25, -0.2) is 4.84 Å². The molecule has 0 saturated heterocycles. The molecule has 4 rings (SSSR count). The summed E-state index contributed by atoms with van der Waals surface area (Å²) in [6.07, 6.45) is 0. The van der Waals surface area contributed by atoms with E-state index in [0.717, 1.165) is 17.1 Å². The number of hydrogen-bond acceptors (Lipinski definition) is 6. The Morgan fingerprint density at radius 1 is 0.906 bits per heavy atom. The van der Waals surface area contributed by atoms with Crippen LogP contribution in [-0.2, 0) is 4.84 Å². The molecule has 8 nitrogen and oxygen atoms in total. The zero-order valence-corrected chi connectivity index (χ0v) is 17.8. The summed E-state index contributed by atoms with van der Waals surface area (Å²) in [5.74, 6) is 2.01. The minimum atomic E-state index is 0.313. The van der Waals surface area contributed by atoms with Crippen LogP contribution >= 0.6 is 0 Å². The molecule has 8 heteroatoms. The van der Waals surface area contributed by atoms with Gasteiger partial charge in [-0.05, 0) is 54.6 Å². The van der Waals surface area contributed by atoms with Gasteiger partial charge in [0.1, 0.15) is 28.9 Å². The average Bonchev–Trinajstić information content (AvgIpc) is 3.15. The number of nitrogens with one attached hydrogen (secondary N) is 1. The highest BCUT2D eigenvalue weighted by Crippen LogP contribution is 2.37. The van der Waals surface area contributed by atoms with Gasteiger partial charge in [-0.3, -0.25) is 4.57 Å².